The van der Waals surface area contributed by atoms with Crippen LogP contribution in [0.25, 0.3) is 0 Å². The summed E-state index contributed by atoms with van der Waals surface area (Å²) in [6, 6.07) is 19.9. The second-order valence-electron chi connectivity index (χ2n) is 9.89. The van der Waals surface area contributed by atoms with Crippen LogP contribution in [-0.2, 0) is 6.61 Å². The molecule has 2 aliphatic rings. The first-order valence-electron chi connectivity index (χ1n) is 13.1. The molecule has 5 rings (SSSR count). The smallest absolute Gasteiger partial charge is 0.251 e. The van der Waals surface area contributed by atoms with E-state index in [1.807, 2.05) is 48.5 Å². The molecule has 2 N–H and O–H groups in total. The van der Waals surface area contributed by atoms with Gasteiger partial charge in [-0.3, -0.25) is 9.78 Å². The summed E-state index contributed by atoms with van der Waals surface area (Å²) in [5.41, 5.74) is 4.88. The second kappa shape index (κ2) is 11.4. The van der Waals surface area contributed by atoms with Gasteiger partial charge in [0.25, 0.3) is 5.91 Å². The molecule has 182 valence electrons. The number of ether oxygens (including phenoxy) is 1. The lowest BCUT2D eigenvalue weighted by atomic mass is 9.87. The molecule has 0 atom stereocenters. The molecule has 35 heavy (non-hydrogen) atoms. The van der Waals surface area contributed by atoms with Crippen LogP contribution >= 0.6 is 0 Å². The third-order valence-corrected chi connectivity index (χ3v) is 7.12. The summed E-state index contributed by atoms with van der Waals surface area (Å²) >= 11 is 0. The summed E-state index contributed by atoms with van der Waals surface area (Å²) in [6.07, 6.45) is 11.9. The number of rotatable bonds is 10. The highest BCUT2D eigenvalue weighted by atomic mass is 16.5. The van der Waals surface area contributed by atoms with Crippen molar-refractivity contribution in [3.05, 3.63) is 83.7 Å². The topological polar surface area (TPSA) is 63.2 Å². The van der Waals surface area contributed by atoms with Crippen LogP contribution in [0.2, 0.25) is 0 Å². The van der Waals surface area contributed by atoms with Gasteiger partial charge in [0.15, 0.2) is 0 Å². The SMILES string of the molecule is O=C(NCCC1CCCCC1)c1cccc(Nc2ccc(OCc3ccccn3)cc2C2CC2)c1. The summed E-state index contributed by atoms with van der Waals surface area (Å²) in [5, 5.41) is 6.67. The molecule has 5 heteroatoms. The number of anilines is 2. The van der Waals surface area contributed by atoms with Gasteiger partial charge in [-0.15, -0.1) is 0 Å². The van der Waals surface area contributed by atoms with Gasteiger partial charge in [0, 0.05) is 29.7 Å². The number of carbonyl (C=O) groups is 1. The summed E-state index contributed by atoms with van der Waals surface area (Å²) < 4.78 is 6.00. The van der Waals surface area contributed by atoms with Crippen molar-refractivity contribution in [3.63, 3.8) is 0 Å². The fourth-order valence-electron chi connectivity index (χ4n) is 4.98. The molecule has 2 aliphatic carbocycles. The molecule has 5 nitrogen and oxygen atoms in total. The monoisotopic (exact) mass is 469 g/mol. The number of hydrogen-bond donors (Lipinski definition) is 2. The van der Waals surface area contributed by atoms with Crippen molar-refractivity contribution >= 4 is 17.3 Å². The minimum absolute atomic E-state index is 0.00476. The van der Waals surface area contributed by atoms with Gasteiger partial charge in [-0.05, 0) is 85.2 Å². The molecule has 1 heterocycles. The third-order valence-electron chi connectivity index (χ3n) is 7.12. The van der Waals surface area contributed by atoms with E-state index in [-0.39, 0.29) is 5.91 Å². The maximum atomic E-state index is 12.7. The Labute approximate surface area is 208 Å². The summed E-state index contributed by atoms with van der Waals surface area (Å²) in [5.74, 6) is 2.19. The number of amides is 1. The van der Waals surface area contributed by atoms with Crippen LogP contribution in [-0.4, -0.2) is 17.4 Å². The zero-order chi connectivity index (χ0) is 23.9. The Balaban J connectivity index is 1.20. The van der Waals surface area contributed by atoms with Crippen molar-refractivity contribution in [2.75, 3.05) is 11.9 Å². The van der Waals surface area contributed by atoms with Crippen molar-refractivity contribution in [2.24, 2.45) is 5.92 Å². The van der Waals surface area contributed by atoms with E-state index in [1.54, 1.807) is 6.20 Å². The van der Waals surface area contributed by atoms with E-state index in [4.69, 9.17) is 4.74 Å². The van der Waals surface area contributed by atoms with Gasteiger partial charge in [-0.2, -0.15) is 0 Å². The average Bonchev–Trinajstić information content (AvgIpc) is 3.75. The highest BCUT2D eigenvalue weighted by molar-refractivity contribution is 5.95. The second-order valence-corrected chi connectivity index (χ2v) is 9.89. The molecular formula is C30H35N3O2. The van der Waals surface area contributed by atoms with Crippen LogP contribution in [0.3, 0.4) is 0 Å². The minimum Gasteiger partial charge on any atom is -0.487 e. The van der Waals surface area contributed by atoms with Crippen molar-refractivity contribution in [3.8, 4) is 5.75 Å². The summed E-state index contributed by atoms with van der Waals surface area (Å²) in [4.78, 5) is 17.1. The maximum Gasteiger partial charge on any atom is 0.251 e. The fourth-order valence-corrected chi connectivity index (χ4v) is 4.98. The summed E-state index contributed by atoms with van der Waals surface area (Å²) in [7, 11) is 0. The Morgan fingerprint density at radius 3 is 2.63 bits per heavy atom. The van der Waals surface area contributed by atoms with Gasteiger partial charge in [0.05, 0.1) is 5.69 Å². The zero-order valence-electron chi connectivity index (χ0n) is 20.3. The van der Waals surface area contributed by atoms with E-state index >= 15 is 0 Å². The van der Waals surface area contributed by atoms with Gasteiger partial charge < -0.3 is 15.4 Å². The zero-order valence-corrected chi connectivity index (χ0v) is 20.3. The number of aromatic nitrogens is 1. The highest BCUT2D eigenvalue weighted by Gasteiger charge is 2.27. The number of carbonyl (C=O) groups excluding carboxylic acids is 1. The van der Waals surface area contributed by atoms with E-state index in [9.17, 15) is 4.79 Å². The largest absolute Gasteiger partial charge is 0.487 e. The Hall–Kier alpha value is -3.34. The van der Waals surface area contributed by atoms with Crippen molar-refractivity contribution in [1.82, 2.24) is 10.3 Å². The first-order chi connectivity index (χ1) is 17.2. The van der Waals surface area contributed by atoms with Gasteiger partial charge in [0.2, 0.25) is 0 Å². The molecule has 0 unspecified atom stereocenters. The normalized spacial score (nSPS) is 16.0. The molecule has 2 saturated carbocycles. The lowest BCUT2D eigenvalue weighted by molar-refractivity contribution is 0.0950. The molecule has 0 radical (unpaired) electrons. The Bertz CT molecular complexity index is 1120. The van der Waals surface area contributed by atoms with Crippen LogP contribution < -0.4 is 15.4 Å². The molecule has 0 bridgehead atoms. The first-order valence-corrected chi connectivity index (χ1v) is 13.1. The quantitative estimate of drug-likeness (QED) is 0.336. The van der Waals surface area contributed by atoms with Crippen molar-refractivity contribution in [2.45, 2.75) is 63.9 Å². The predicted molar refractivity (Wildman–Crippen MR) is 140 cm³/mol. The molecule has 2 fully saturated rings. The summed E-state index contributed by atoms with van der Waals surface area (Å²) in [6.45, 7) is 1.21. The van der Waals surface area contributed by atoms with Gasteiger partial charge in [-0.1, -0.05) is 44.2 Å². The Kier molecular flexibility index (Phi) is 7.62. The molecule has 2 aromatic carbocycles. The van der Waals surface area contributed by atoms with E-state index in [0.29, 0.717) is 18.1 Å². The Morgan fingerprint density at radius 1 is 0.943 bits per heavy atom. The number of hydrogen-bond acceptors (Lipinski definition) is 4. The average molecular weight is 470 g/mol. The van der Waals surface area contributed by atoms with Gasteiger partial charge >= 0.3 is 0 Å². The predicted octanol–water partition coefficient (Wildman–Crippen LogP) is 6.98. The van der Waals surface area contributed by atoms with Crippen LogP contribution in [0, 0.1) is 5.92 Å². The minimum atomic E-state index is 0.00476. The molecule has 1 amide bonds. The number of benzene rings is 2. The van der Waals surface area contributed by atoms with Gasteiger partial charge in [-0.25, -0.2) is 0 Å². The van der Waals surface area contributed by atoms with Crippen LogP contribution in [0.15, 0.2) is 66.9 Å². The van der Waals surface area contributed by atoms with E-state index in [1.165, 1.54) is 50.5 Å². The van der Waals surface area contributed by atoms with E-state index in [2.05, 4.69) is 27.8 Å². The van der Waals surface area contributed by atoms with E-state index in [0.717, 1.165) is 41.7 Å². The molecule has 0 spiro atoms. The van der Waals surface area contributed by atoms with Crippen LogP contribution in [0.5, 0.6) is 5.75 Å². The Morgan fingerprint density at radius 2 is 1.83 bits per heavy atom. The standard InChI is InChI=1S/C30H35N3O2/c34-30(32-18-16-22-7-2-1-3-8-22)24-9-6-11-25(19-24)33-29-15-14-27(20-28(29)23-12-13-23)35-21-26-10-4-5-17-31-26/h4-6,9-11,14-15,17,19-20,22-23,33H,1-3,7-8,12-13,16,18,21H2,(H,32,34). The lowest BCUT2D eigenvalue weighted by Crippen LogP contribution is -2.26. The highest BCUT2D eigenvalue weighted by Crippen LogP contribution is 2.45. The lowest BCUT2D eigenvalue weighted by Gasteiger charge is -2.21. The maximum absolute atomic E-state index is 12.7. The molecule has 0 aliphatic heterocycles. The molecule has 1 aromatic heterocycles. The molecule has 0 saturated heterocycles. The number of nitrogens with zero attached hydrogens (tertiary/aromatic N) is 1. The van der Waals surface area contributed by atoms with Crippen molar-refractivity contribution in [1.29, 1.82) is 0 Å². The third kappa shape index (κ3) is 6.62. The molecular weight excluding hydrogens is 434 g/mol. The first kappa shape index (κ1) is 23.4. The number of pyridine rings is 1. The van der Waals surface area contributed by atoms with Gasteiger partial charge in [0.1, 0.15) is 12.4 Å². The van der Waals surface area contributed by atoms with E-state index < -0.39 is 0 Å². The molecule has 3 aromatic rings. The number of nitrogens with one attached hydrogen (secondary N) is 2. The van der Waals surface area contributed by atoms with Crippen LogP contribution in [0.1, 0.15) is 78.9 Å². The van der Waals surface area contributed by atoms with Crippen LogP contribution in [0.4, 0.5) is 11.4 Å². The van der Waals surface area contributed by atoms with Crippen molar-refractivity contribution < 1.29 is 9.53 Å². The fraction of sp³-hybridized carbons (Fsp3) is 0.400.